The van der Waals surface area contributed by atoms with Crippen LogP contribution < -0.4 is 9.64 Å². The standard InChI is InChI=1S/C14H23N3O3/c1-10(2)17(9-5-6-13(18)19)14-15-8-7-12(16-14)20-11(3)4/h7-8,10-11H,5-6,9H2,1-4H3,(H,18,19). The van der Waals surface area contributed by atoms with Crippen molar-refractivity contribution in [2.45, 2.75) is 52.7 Å². The Labute approximate surface area is 119 Å². The van der Waals surface area contributed by atoms with E-state index in [4.69, 9.17) is 9.84 Å². The summed E-state index contributed by atoms with van der Waals surface area (Å²) in [5.41, 5.74) is 0. The summed E-state index contributed by atoms with van der Waals surface area (Å²) in [6.07, 6.45) is 2.42. The van der Waals surface area contributed by atoms with Gasteiger partial charge in [-0.15, -0.1) is 0 Å². The lowest BCUT2D eigenvalue weighted by Crippen LogP contribution is -2.33. The number of ether oxygens (including phenoxy) is 1. The van der Waals surface area contributed by atoms with Gasteiger partial charge in [0.2, 0.25) is 11.8 Å². The van der Waals surface area contributed by atoms with Crippen LogP contribution in [-0.2, 0) is 4.79 Å². The fourth-order valence-corrected chi connectivity index (χ4v) is 1.77. The molecule has 0 spiro atoms. The Morgan fingerprint density at radius 1 is 1.40 bits per heavy atom. The lowest BCUT2D eigenvalue weighted by Gasteiger charge is -2.26. The van der Waals surface area contributed by atoms with E-state index in [1.807, 2.05) is 32.6 Å². The van der Waals surface area contributed by atoms with E-state index in [0.717, 1.165) is 0 Å². The second-order valence-corrected chi connectivity index (χ2v) is 5.15. The molecule has 0 aromatic carbocycles. The molecule has 1 aromatic rings. The van der Waals surface area contributed by atoms with Crippen LogP contribution in [0.1, 0.15) is 40.5 Å². The summed E-state index contributed by atoms with van der Waals surface area (Å²) in [5, 5.41) is 8.71. The van der Waals surface area contributed by atoms with Crippen molar-refractivity contribution in [1.82, 2.24) is 9.97 Å². The Morgan fingerprint density at radius 3 is 2.65 bits per heavy atom. The maximum absolute atomic E-state index is 10.6. The molecular formula is C14H23N3O3. The first kappa shape index (κ1) is 16.2. The molecule has 0 amide bonds. The van der Waals surface area contributed by atoms with Crippen molar-refractivity contribution in [1.29, 1.82) is 0 Å². The number of hydrogen-bond donors (Lipinski definition) is 1. The van der Waals surface area contributed by atoms with E-state index in [-0.39, 0.29) is 18.6 Å². The van der Waals surface area contributed by atoms with Crippen LogP contribution in [0.25, 0.3) is 0 Å². The fourth-order valence-electron chi connectivity index (χ4n) is 1.77. The highest BCUT2D eigenvalue weighted by molar-refractivity contribution is 5.66. The highest BCUT2D eigenvalue weighted by atomic mass is 16.5. The van der Waals surface area contributed by atoms with E-state index in [1.54, 1.807) is 12.3 Å². The van der Waals surface area contributed by atoms with Gasteiger partial charge in [0.1, 0.15) is 0 Å². The first-order chi connectivity index (χ1) is 9.40. The topological polar surface area (TPSA) is 75.5 Å². The molecule has 0 aliphatic heterocycles. The van der Waals surface area contributed by atoms with E-state index < -0.39 is 5.97 Å². The van der Waals surface area contributed by atoms with Gasteiger partial charge in [-0.2, -0.15) is 4.98 Å². The summed E-state index contributed by atoms with van der Waals surface area (Å²) in [4.78, 5) is 21.2. The van der Waals surface area contributed by atoms with E-state index in [2.05, 4.69) is 9.97 Å². The monoisotopic (exact) mass is 281 g/mol. The molecule has 20 heavy (non-hydrogen) atoms. The molecule has 1 N–H and O–H groups in total. The Hall–Kier alpha value is -1.85. The summed E-state index contributed by atoms with van der Waals surface area (Å²) >= 11 is 0. The highest BCUT2D eigenvalue weighted by Gasteiger charge is 2.15. The molecule has 112 valence electrons. The van der Waals surface area contributed by atoms with Gasteiger partial charge in [-0.1, -0.05) is 0 Å². The number of anilines is 1. The lowest BCUT2D eigenvalue weighted by atomic mass is 10.2. The third kappa shape index (κ3) is 5.42. The zero-order valence-corrected chi connectivity index (χ0v) is 12.5. The van der Waals surface area contributed by atoms with Gasteiger partial charge in [0.15, 0.2) is 0 Å². The number of hydrogen-bond acceptors (Lipinski definition) is 5. The Kier molecular flexibility index (Phi) is 6.21. The molecule has 0 radical (unpaired) electrons. The quantitative estimate of drug-likeness (QED) is 0.788. The van der Waals surface area contributed by atoms with Crippen LogP contribution in [-0.4, -0.2) is 39.7 Å². The molecule has 0 saturated carbocycles. The maximum atomic E-state index is 10.6. The molecule has 1 aromatic heterocycles. The number of carboxylic acids is 1. The molecule has 1 heterocycles. The largest absolute Gasteiger partial charge is 0.481 e. The number of nitrogens with zero attached hydrogens (tertiary/aromatic N) is 3. The first-order valence-corrected chi connectivity index (χ1v) is 6.88. The van der Waals surface area contributed by atoms with Crippen LogP contribution in [0.5, 0.6) is 5.88 Å². The van der Waals surface area contributed by atoms with Crippen molar-refractivity contribution < 1.29 is 14.6 Å². The van der Waals surface area contributed by atoms with Crippen LogP contribution in [0, 0.1) is 0 Å². The third-order valence-corrected chi connectivity index (χ3v) is 2.64. The lowest BCUT2D eigenvalue weighted by molar-refractivity contribution is -0.137. The second-order valence-electron chi connectivity index (χ2n) is 5.15. The minimum absolute atomic E-state index is 0.0530. The first-order valence-electron chi connectivity index (χ1n) is 6.88. The molecule has 0 atom stereocenters. The average molecular weight is 281 g/mol. The minimum atomic E-state index is -0.786. The van der Waals surface area contributed by atoms with Crippen molar-refractivity contribution >= 4 is 11.9 Å². The number of aliphatic carboxylic acids is 1. The smallest absolute Gasteiger partial charge is 0.303 e. The van der Waals surface area contributed by atoms with Gasteiger partial charge in [0.25, 0.3) is 0 Å². The molecule has 0 aliphatic carbocycles. The van der Waals surface area contributed by atoms with Crippen LogP contribution in [0.2, 0.25) is 0 Å². The highest BCUT2D eigenvalue weighted by Crippen LogP contribution is 2.16. The van der Waals surface area contributed by atoms with Crippen molar-refractivity contribution in [3.8, 4) is 5.88 Å². The summed E-state index contributed by atoms with van der Waals surface area (Å²) in [6.45, 7) is 8.54. The molecule has 0 aliphatic rings. The third-order valence-electron chi connectivity index (χ3n) is 2.64. The fraction of sp³-hybridized carbons (Fsp3) is 0.643. The second kappa shape index (κ2) is 7.67. The zero-order valence-electron chi connectivity index (χ0n) is 12.5. The predicted molar refractivity (Wildman–Crippen MR) is 77.1 cm³/mol. The summed E-state index contributed by atoms with van der Waals surface area (Å²) in [5.74, 6) is 0.323. The van der Waals surface area contributed by atoms with Gasteiger partial charge in [0, 0.05) is 31.3 Å². The molecule has 0 bridgehead atoms. The normalized spacial score (nSPS) is 10.9. The van der Waals surface area contributed by atoms with Crippen molar-refractivity contribution in [3.63, 3.8) is 0 Å². The van der Waals surface area contributed by atoms with E-state index in [1.165, 1.54) is 0 Å². The zero-order chi connectivity index (χ0) is 15.1. The SMILES string of the molecule is CC(C)Oc1ccnc(N(CCCC(=O)O)C(C)C)n1. The van der Waals surface area contributed by atoms with Gasteiger partial charge in [-0.25, -0.2) is 4.98 Å². The number of rotatable bonds is 8. The van der Waals surface area contributed by atoms with Crippen molar-refractivity contribution in [2.75, 3.05) is 11.4 Å². The molecule has 1 rings (SSSR count). The van der Waals surface area contributed by atoms with Gasteiger partial charge >= 0.3 is 5.97 Å². The predicted octanol–water partition coefficient (Wildman–Crippen LogP) is 2.34. The summed E-state index contributed by atoms with van der Waals surface area (Å²) in [7, 11) is 0. The van der Waals surface area contributed by atoms with Gasteiger partial charge in [0.05, 0.1) is 6.10 Å². The van der Waals surface area contributed by atoms with Gasteiger partial charge in [-0.05, 0) is 34.1 Å². The van der Waals surface area contributed by atoms with Gasteiger partial charge < -0.3 is 14.7 Å². The molecule has 6 nitrogen and oxygen atoms in total. The van der Waals surface area contributed by atoms with Crippen molar-refractivity contribution in [2.24, 2.45) is 0 Å². The van der Waals surface area contributed by atoms with Crippen LogP contribution in [0.15, 0.2) is 12.3 Å². The summed E-state index contributed by atoms with van der Waals surface area (Å²) < 4.78 is 5.56. The van der Waals surface area contributed by atoms with E-state index in [0.29, 0.717) is 24.8 Å². The summed E-state index contributed by atoms with van der Waals surface area (Å²) in [6, 6.07) is 1.91. The van der Waals surface area contributed by atoms with Crippen LogP contribution in [0.4, 0.5) is 5.95 Å². The van der Waals surface area contributed by atoms with E-state index in [9.17, 15) is 4.79 Å². The molecule has 6 heteroatoms. The van der Waals surface area contributed by atoms with E-state index >= 15 is 0 Å². The molecule has 0 unspecified atom stereocenters. The van der Waals surface area contributed by atoms with Crippen LogP contribution >= 0.6 is 0 Å². The number of aromatic nitrogens is 2. The van der Waals surface area contributed by atoms with Crippen LogP contribution in [0.3, 0.4) is 0 Å². The Morgan fingerprint density at radius 2 is 2.10 bits per heavy atom. The minimum Gasteiger partial charge on any atom is -0.481 e. The Bertz CT molecular complexity index is 435. The molecular weight excluding hydrogens is 258 g/mol. The maximum Gasteiger partial charge on any atom is 0.303 e. The van der Waals surface area contributed by atoms with Crippen molar-refractivity contribution in [3.05, 3.63) is 12.3 Å². The Balaban J connectivity index is 2.77. The molecule has 0 fully saturated rings. The van der Waals surface area contributed by atoms with Gasteiger partial charge in [-0.3, -0.25) is 4.79 Å². The molecule has 0 saturated heterocycles. The average Bonchev–Trinajstić information content (AvgIpc) is 2.33. The number of carboxylic acid groups (broad SMARTS) is 1. The number of carbonyl (C=O) groups is 1.